The van der Waals surface area contributed by atoms with E-state index in [1.165, 1.54) is 6.20 Å². The first kappa shape index (κ1) is 9.31. The molecule has 0 saturated carbocycles. The molecule has 0 aromatic carbocycles. The number of carboxylic acid groups (broad SMARTS) is 1. The summed E-state index contributed by atoms with van der Waals surface area (Å²) in [6, 6.07) is 0. The minimum absolute atomic E-state index is 0.168. The molecular formula is C8H9NO4. The number of rotatable bonds is 3. The predicted molar refractivity (Wildman–Crippen MR) is 43.5 cm³/mol. The van der Waals surface area contributed by atoms with Gasteiger partial charge in [0.2, 0.25) is 0 Å². The Hall–Kier alpha value is -1.78. The van der Waals surface area contributed by atoms with Crippen LogP contribution in [0.25, 0.3) is 0 Å². The molecule has 0 saturated heterocycles. The van der Waals surface area contributed by atoms with Crippen molar-refractivity contribution < 1.29 is 19.5 Å². The van der Waals surface area contributed by atoms with Gasteiger partial charge in [-0.15, -0.1) is 0 Å². The monoisotopic (exact) mass is 183 g/mol. The molecule has 1 N–H and O–H groups in total. The molecule has 5 heteroatoms. The van der Waals surface area contributed by atoms with Crippen LogP contribution in [0.3, 0.4) is 0 Å². The Morgan fingerprint density at radius 1 is 1.62 bits per heavy atom. The highest BCUT2D eigenvalue weighted by Gasteiger charge is 2.16. The lowest BCUT2D eigenvalue weighted by molar-refractivity contribution is -0.129. The summed E-state index contributed by atoms with van der Waals surface area (Å²) in [6.07, 6.45) is 1.45. The van der Waals surface area contributed by atoms with Crippen molar-refractivity contribution in [2.45, 2.75) is 13.8 Å². The van der Waals surface area contributed by atoms with Crippen molar-refractivity contribution in [3.63, 3.8) is 0 Å². The summed E-state index contributed by atoms with van der Waals surface area (Å²) in [6.45, 7) is 3.46. The molecule has 70 valence electrons. The van der Waals surface area contributed by atoms with Gasteiger partial charge >= 0.3 is 12.4 Å². The Bertz CT molecular complexity index is 353. The van der Waals surface area contributed by atoms with E-state index in [0.717, 1.165) is 4.73 Å². The van der Waals surface area contributed by atoms with Gasteiger partial charge in [-0.2, -0.15) is 4.73 Å². The second kappa shape index (κ2) is 3.30. The van der Waals surface area contributed by atoms with Gasteiger partial charge in [0.15, 0.2) is 0 Å². The molecule has 5 nitrogen and oxygen atoms in total. The van der Waals surface area contributed by atoms with Crippen LogP contribution in [0, 0.1) is 13.8 Å². The van der Waals surface area contributed by atoms with Crippen LogP contribution in [0.5, 0.6) is 0 Å². The summed E-state index contributed by atoms with van der Waals surface area (Å²) in [5.74, 6) is -1.02. The standard InChI is InChI=1S/C8H9NO4/c1-5-3-9(13-4-10)6(2)7(5)8(11)12/h3-4H,1-2H3,(H,11,12). The van der Waals surface area contributed by atoms with E-state index in [1.54, 1.807) is 13.8 Å². The quantitative estimate of drug-likeness (QED) is 0.688. The highest BCUT2D eigenvalue weighted by molar-refractivity contribution is 5.90. The van der Waals surface area contributed by atoms with Crippen molar-refractivity contribution >= 4 is 12.4 Å². The van der Waals surface area contributed by atoms with Gasteiger partial charge in [0.05, 0.1) is 11.3 Å². The molecule has 0 aliphatic heterocycles. The Labute approximate surface area is 74.5 Å². The minimum Gasteiger partial charge on any atom is -0.478 e. The van der Waals surface area contributed by atoms with Crippen molar-refractivity contribution in [2.75, 3.05) is 0 Å². The molecule has 0 spiro atoms. The van der Waals surface area contributed by atoms with Crippen LogP contribution < -0.4 is 4.84 Å². The van der Waals surface area contributed by atoms with Gasteiger partial charge in [0.1, 0.15) is 0 Å². The van der Waals surface area contributed by atoms with Gasteiger partial charge < -0.3 is 9.94 Å². The number of hydrogen-bond acceptors (Lipinski definition) is 3. The van der Waals surface area contributed by atoms with E-state index < -0.39 is 5.97 Å². The Morgan fingerprint density at radius 3 is 2.62 bits per heavy atom. The molecular weight excluding hydrogens is 174 g/mol. The highest BCUT2D eigenvalue weighted by atomic mass is 16.7. The summed E-state index contributed by atoms with van der Waals surface area (Å²) in [5.41, 5.74) is 1.13. The van der Waals surface area contributed by atoms with Crippen LogP contribution in [0.15, 0.2) is 6.20 Å². The first-order chi connectivity index (χ1) is 6.07. The fraction of sp³-hybridized carbons (Fsp3) is 0.250. The normalized spacial score (nSPS) is 9.69. The average Bonchev–Trinajstić information content (AvgIpc) is 2.28. The number of aromatic carboxylic acids is 1. The third-order valence-electron chi connectivity index (χ3n) is 1.77. The number of carbonyl (C=O) groups is 2. The van der Waals surface area contributed by atoms with E-state index in [9.17, 15) is 9.59 Å². The van der Waals surface area contributed by atoms with E-state index in [0.29, 0.717) is 11.3 Å². The number of nitrogens with zero attached hydrogens (tertiary/aromatic N) is 1. The third-order valence-corrected chi connectivity index (χ3v) is 1.77. The lowest BCUT2D eigenvalue weighted by Gasteiger charge is -2.00. The van der Waals surface area contributed by atoms with Crippen LogP contribution in [0.1, 0.15) is 21.6 Å². The highest BCUT2D eigenvalue weighted by Crippen LogP contribution is 2.14. The van der Waals surface area contributed by atoms with E-state index >= 15 is 0 Å². The van der Waals surface area contributed by atoms with E-state index in [2.05, 4.69) is 4.84 Å². The predicted octanol–water partition coefficient (Wildman–Crippen LogP) is 0.388. The molecule has 0 aliphatic carbocycles. The lowest BCUT2D eigenvalue weighted by atomic mass is 10.2. The Balaban J connectivity index is 3.21. The molecule has 1 rings (SSSR count). The van der Waals surface area contributed by atoms with Gasteiger partial charge in [-0.05, 0) is 19.4 Å². The van der Waals surface area contributed by atoms with Crippen LogP contribution in [0.2, 0.25) is 0 Å². The zero-order chi connectivity index (χ0) is 10.0. The molecule has 0 atom stereocenters. The smallest absolute Gasteiger partial charge is 0.337 e. The Morgan fingerprint density at radius 2 is 2.23 bits per heavy atom. The fourth-order valence-electron chi connectivity index (χ4n) is 1.21. The van der Waals surface area contributed by atoms with Crippen molar-refractivity contribution in [3.8, 4) is 0 Å². The second-order valence-corrected chi connectivity index (χ2v) is 2.61. The summed E-state index contributed by atoms with van der Waals surface area (Å²) < 4.78 is 1.13. The maximum atomic E-state index is 10.7. The zero-order valence-corrected chi connectivity index (χ0v) is 7.27. The topological polar surface area (TPSA) is 68.5 Å². The van der Waals surface area contributed by atoms with Crippen molar-refractivity contribution in [1.82, 2.24) is 4.73 Å². The third kappa shape index (κ3) is 1.53. The maximum absolute atomic E-state index is 10.7. The molecule has 0 unspecified atom stereocenters. The summed E-state index contributed by atoms with van der Waals surface area (Å²) >= 11 is 0. The van der Waals surface area contributed by atoms with Crippen LogP contribution >= 0.6 is 0 Å². The van der Waals surface area contributed by atoms with E-state index in [4.69, 9.17) is 5.11 Å². The van der Waals surface area contributed by atoms with Crippen molar-refractivity contribution in [2.24, 2.45) is 0 Å². The van der Waals surface area contributed by atoms with Crippen LogP contribution in [-0.2, 0) is 4.79 Å². The van der Waals surface area contributed by atoms with Gasteiger partial charge in [-0.1, -0.05) is 0 Å². The molecule has 0 amide bonds. The summed E-state index contributed by atoms with van der Waals surface area (Å²) in [5, 5.41) is 8.77. The van der Waals surface area contributed by atoms with Crippen molar-refractivity contribution in [3.05, 3.63) is 23.0 Å². The molecule has 13 heavy (non-hydrogen) atoms. The van der Waals surface area contributed by atoms with Gasteiger partial charge in [-0.25, -0.2) is 4.79 Å². The first-order valence-electron chi connectivity index (χ1n) is 3.60. The summed E-state index contributed by atoms with van der Waals surface area (Å²) in [4.78, 5) is 25.3. The number of hydrogen-bond donors (Lipinski definition) is 1. The van der Waals surface area contributed by atoms with Gasteiger partial charge in [0, 0.05) is 6.20 Å². The van der Waals surface area contributed by atoms with Crippen LogP contribution in [-0.4, -0.2) is 22.3 Å². The first-order valence-corrected chi connectivity index (χ1v) is 3.60. The van der Waals surface area contributed by atoms with Crippen LogP contribution in [0.4, 0.5) is 0 Å². The second-order valence-electron chi connectivity index (χ2n) is 2.61. The summed E-state index contributed by atoms with van der Waals surface area (Å²) in [7, 11) is 0. The molecule has 0 radical (unpaired) electrons. The van der Waals surface area contributed by atoms with E-state index in [1.807, 2.05) is 0 Å². The van der Waals surface area contributed by atoms with E-state index in [-0.39, 0.29) is 12.0 Å². The fourth-order valence-corrected chi connectivity index (χ4v) is 1.21. The largest absolute Gasteiger partial charge is 0.478 e. The zero-order valence-electron chi connectivity index (χ0n) is 7.27. The number of carboxylic acids is 1. The number of carbonyl (C=O) groups excluding carboxylic acids is 1. The SMILES string of the molecule is Cc1cn(OC=O)c(C)c1C(=O)O. The van der Waals surface area contributed by atoms with Gasteiger partial charge in [0.25, 0.3) is 0 Å². The minimum atomic E-state index is -1.02. The van der Waals surface area contributed by atoms with Gasteiger partial charge in [-0.3, -0.25) is 4.79 Å². The van der Waals surface area contributed by atoms with Crippen molar-refractivity contribution in [1.29, 1.82) is 0 Å². The number of aromatic nitrogens is 1. The lowest BCUT2D eigenvalue weighted by Crippen LogP contribution is -2.10. The maximum Gasteiger partial charge on any atom is 0.337 e. The molecule has 0 bridgehead atoms. The molecule has 0 fully saturated rings. The Kier molecular flexibility index (Phi) is 2.36. The average molecular weight is 183 g/mol. The molecule has 0 aliphatic rings. The number of aryl methyl sites for hydroxylation is 1. The molecule has 1 aromatic heterocycles. The molecule has 1 aromatic rings. The molecule has 1 heterocycles.